The van der Waals surface area contributed by atoms with Gasteiger partial charge in [0.05, 0.1) is 0 Å². The predicted molar refractivity (Wildman–Crippen MR) is 85.5 cm³/mol. The summed E-state index contributed by atoms with van der Waals surface area (Å²) in [6.45, 7) is 1.76. The first-order valence-electron chi connectivity index (χ1n) is 7.57. The number of ether oxygens (including phenoxy) is 1. The number of ketones is 1. The Bertz CT molecular complexity index is 658. The molecule has 0 fully saturated rings. The summed E-state index contributed by atoms with van der Waals surface area (Å²) < 4.78 is 5.32. The zero-order valence-electron chi connectivity index (χ0n) is 13.0. The highest BCUT2D eigenvalue weighted by atomic mass is 16.5. The second kappa shape index (κ2) is 7.63. The van der Waals surface area contributed by atoms with Crippen LogP contribution >= 0.6 is 0 Å². The number of hydrogen-bond donors (Lipinski definition) is 2. The highest BCUT2D eigenvalue weighted by Gasteiger charge is 2.22. The molecular weight excluding hydrogens is 296 g/mol. The third kappa shape index (κ3) is 4.71. The first-order valence-corrected chi connectivity index (χ1v) is 7.57. The number of aromatic hydroxyl groups is 2. The van der Waals surface area contributed by atoms with Crippen LogP contribution in [0.2, 0.25) is 0 Å². The molecule has 1 aliphatic rings. The minimum atomic E-state index is -0.702. The monoisotopic (exact) mass is 316 g/mol. The van der Waals surface area contributed by atoms with Gasteiger partial charge < -0.3 is 14.9 Å². The van der Waals surface area contributed by atoms with E-state index >= 15 is 0 Å². The van der Waals surface area contributed by atoms with Gasteiger partial charge in [0.2, 0.25) is 0 Å². The Balaban J connectivity index is 2.40. The summed E-state index contributed by atoms with van der Waals surface area (Å²) in [4.78, 5) is 24.3. The standard InChI is InChI=1S/C18H20O5/c1-12-7-5-3-2-4-6-8-14(19)9-13-10-15(20)11-16(21)17(13)18(22)23-12/h3,5-6,8,10-12,20-21H,2,4,7,9H2,1H3/b5-3+,8-6-/t12-/m1/s1. The van der Waals surface area contributed by atoms with E-state index in [1.807, 2.05) is 12.2 Å². The number of esters is 1. The van der Waals surface area contributed by atoms with Crippen LogP contribution < -0.4 is 0 Å². The molecule has 1 aromatic rings. The predicted octanol–water partition coefficient (Wildman–Crippen LogP) is 3.05. The van der Waals surface area contributed by atoms with Crippen LogP contribution in [0.3, 0.4) is 0 Å². The van der Waals surface area contributed by atoms with Crippen molar-refractivity contribution < 1.29 is 24.5 Å². The van der Waals surface area contributed by atoms with E-state index in [9.17, 15) is 19.8 Å². The van der Waals surface area contributed by atoms with Crippen LogP contribution in [0.1, 0.15) is 42.1 Å². The molecule has 5 nitrogen and oxygen atoms in total. The fraction of sp³-hybridized carbons (Fsp3) is 0.333. The van der Waals surface area contributed by atoms with Crippen molar-refractivity contribution in [3.63, 3.8) is 0 Å². The Labute approximate surface area is 134 Å². The van der Waals surface area contributed by atoms with Crippen LogP contribution in [0.4, 0.5) is 0 Å². The zero-order valence-corrected chi connectivity index (χ0v) is 13.0. The van der Waals surface area contributed by atoms with Gasteiger partial charge in [0.1, 0.15) is 23.2 Å². The second-order valence-electron chi connectivity index (χ2n) is 5.54. The van der Waals surface area contributed by atoms with Gasteiger partial charge >= 0.3 is 5.97 Å². The number of phenolic OH excluding ortho intramolecular Hbond substituents is 2. The van der Waals surface area contributed by atoms with E-state index in [-0.39, 0.29) is 35.2 Å². The number of carbonyl (C=O) groups excluding carboxylic acids is 2. The van der Waals surface area contributed by atoms with E-state index in [0.717, 1.165) is 18.9 Å². The molecule has 2 N–H and O–H groups in total. The van der Waals surface area contributed by atoms with Crippen LogP contribution in [0, 0.1) is 0 Å². The topological polar surface area (TPSA) is 83.8 Å². The molecule has 1 aliphatic heterocycles. The van der Waals surface area contributed by atoms with Gasteiger partial charge in [-0.15, -0.1) is 0 Å². The number of fused-ring (bicyclic) bond motifs is 1. The molecule has 1 heterocycles. The van der Waals surface area contributed by atoms with Gasteiger partial charge in [0, 0.05) is 18.9 Å². The highest BCUT2D eigenvalue weighted by Crippen LogP contribution is 2.29. The van der Waals surface area contributed by atoms with Gasteiger partial charge in [0.15, 0.2) is 5.78 Å². The van der Waals surface area contributed by atoms with Crippen molar-refractivity contribution in [1.82, 2.24) is 0 Å². The van der Waals surface area contributed by atoms with Crippen molar-refractivity contribution in [2.45, 2.75) is 38.7 Å². The van der Waals surface area contributed by atoms with E-state index < -0.39 is 11.7 Å². The molecule has 0 amide bonds. The van der Waals surface area contributed by atoms with Crippen molar-refractivity contribution in [3.05, 3.63) is 47.6 Å². The Kier molecular flexibility index (Phi) is 5.57. The Hall–Kier alpha value is -2.56. The minimum absolute atomic E-state index is 0.0718. The molecule has 0 aliphatic carbocycles. The first-order chi connectivity index (χ1) is 11.0. The smallest absolute Gasteiger partial charge is 0.342 e. The van der Waals surface area contributed by atoms with E-state index in [0.29, 0.717) is 6.42 Å². The fourth-order valence-corrected chi connectivity index (χ4v) is 2.39. The lowest BCUT2D eigenvalue weighted by molar-refractivity contribution is -0.114. The van der Waals surface area contributed by atoms with Crippen LogP contribution in [0.15, 0.2) is 36.4 Å². The number of rotatable bonds is 0. The number of hydrogen-bond acceptors (Lipinski definition) is 5. The molecule has 0 spiro atoms. The SMILES string of the molecule is C[C@@H]1C/C=C/CC/C=C\C(=O)Cc2cc(O)cc(O)c2C(=O)O1. The molecule has 1 aromatic carbocycles. The van der Waals surface area contributed by atoms with E-state index in [4.69, 9.17) is 4.74 Å². The number of cyclic esters (lactones) is 1. The largest absolute Gasteiger partial charge is 0.508 e. The molecule has 5 heteroatoms. The van der Waals surface area contributed by atoms with Crippen LogP contribution in [0.25, 0.3) is 0 Å². The van der Waals surface area contributed by atoms with Gasteiger partial charge in [-0.05, 0) is 37.5 Å². The quantitative estimate of drug-likeness (QED) is 0.568. The van der Waals surface area contributed by atoms with Crippen LogP contribution in [0.5, 0.6) is 11.5 Å². The maximum atomic E-state index is 12.3. The molecule has 0 radical (unpaired) electrons. The number of carbonyl (C=O) groups is 2. The summed E-state index contributed by atoms with van der Waals surface area (Å²) >= 11 is 0. The molecule has 1 atom stereocenters. The van der Waals surface area contributed by atoms with Crippen LogP contribution in [-0.2, 0) is 16.0 Å². The molecule has 2 rings (SSSR count). The Morgan fingerprint density at radius 3 is 2.61 bits per heavy atom. The van der Waals surface area contributed by atoms with E-state index in [1.165, 1.54) is 12.1 Å². The van der Waals surface area contributed by atoms with Gasteiger partial charge in [-0.1, -0.05) is 18.2 Å². The van der Waals surface area contributed by atoms with Crippen molar-refractivity contribution in [2.24, 2.45) is 0 Å². The average molecular weight is 316 g/mol. The van der Waals surface area contributed by atoms with Gasteiger partial charge in [-0.2, -0.15) is 0 Å². The lowest BCUT2D eigenvalue weighted by Crippen LogP contribution is -2.17. The minimum Gasteiger partial charge on any atom is -0.508 e. The first kappa shape index (κ1) is 16.8. The summed E-state index contributed by atoms with van der Waals surface area (Å²) in [5, 5.41) is 19.6. The van der Waals surface area contributed by atoms with Crippen molar-refractivity contribution in [1.29, 1.82) is 0 Å². The molecule has 23 heavy (non-hydrogen) atoms. The highest BCUT2D eigenvalue weighted by molar-refractivity contribution is 5.98. The van der Waals surface area contributed by atoms with Gasteiger partial charge in [-0.25, -0.2) is 4.79 Å². The van der Waals surface area contributed by atoms with E-state index in [1.54, 1.807) is 13.0 Å². The molecule has 0 saturated carbocycles. The summed E-state index contributed by atoms with van der Waals surface area (Å²) in [6, 6.07) is 2.37. The van der Waals surface area contributed by atoms with Gasteiger partial charge in [-0.3, -0.25) is 4.79 Å². The number of benzene rings is 1. The number of allylic oxidation sites excluding steroid dienone is 3. The molecule has 0 bridgehead atoms. The van der Waals surface area contributed by atoms with Crippen molar-refractivity contribution >= 4 is 11.8 Å². The lowest BCUT2D eigenvalue weighted by Gasteiger charge is -2.15. The molecule has 122 valence electrons. The lowest BCUT2D eigenvalue weighted by atomic mass is 10.00. The number of phenols is 2. The second-order valence-corrected chi connectivity index (χ2v) is 5.54. The third-order valence-electron chi connectivity index (χ3n) is 3.50. The van der Waals surface area contributed by atoms with Crippen LogP contribution in [-0.4, -0.2) is 28.1 Å². The summed E-state index contributed by atoms with van der Waals surface area (Å²) in [6.07, 6.45) is 8.83. The fourth-order valence-electron chi connectivity index (χ4n) is 2.39. The maximum absolute atomic E-state index is 12.3. The Morgan fingerprint density at radius 1 is 1.09 bits per heavy atom. The van der Waals surface area contributed by atoms with Crippen molar-refractivity contribution in [3.8, 4) is 11.5 Å². The molecule has 0 aromatic heterocycles. The zero-order chi connectivity index (χ0) is 16.8. The Morgan fingerprint density at radius 2 is 1.83 bits per heavy atom. The maximum Gasteiger partial charge on any atom is 0.342 e. The summed E-state index contributed by atoms with van der Waals surface area (Å²) in [5.74, 6) is -1.51. The third-order valence-corrected chi connectivity index (χ3v) is 3.50. The summed E-state index contributed by atoms with van der Waals surface area (Å²) in [5.41, 5.74) is 0.180. The average Bonchev–Trinajstić information content (AvgIpc) is 2.44. The van der Waals surface area contributed by atoms with Crippen molar-refractivity contribution in [2.75, 3.05) is 0 Å². The molecule has 0 unspecified atom stereocenters. The van der Waals surface area contributed by atoms with Gasteiger partial charge in [0.25, 0.3) is 0 Å². The molecule has 0 saturated heterocycles. The molecular formula is C18H20O5. The normalized spacial score (nSPS) is 22.6. The summed E-state index contributed by atoms with van der Waals surface area (Å²) in [7, 11) is 0. The van der Waals surface area contributed by atoms with E-state index in [2.05, 4.69) is 0 Å².